The average molecular weight is 515 g/mol. The largest absolute Gasteiger partial charge is 0.322 e. The number of urea groups is 1. The van der Waals surface area contributed by atoms with Gasteiger partial charge in [0.2, 0.25) is 0 Å². The first-order valence-corrected chi connectivity index (χ1v) is 13.3. The van der Waals surface area contributed by atoms with Gasteiger partial charge in [-0.05, 0) is 80.3 Å². The predicted octanol–water partition coefficient (Wildman–Crippen LogP) is 7.32. The Balaban J connectivity index is 1.87. The predicted molar refractivity (Wildman–Crippen MR) is 151 cm³/mol. The third-order valence-corrected chi connectivity index (χ3v) is 6.95. The number of rotatable bonds is 9. The highest BCUT2D eigenvalue weighted by molar-refractivity contribution is 5.89. The minimum absolute atomic E-state index is 0.175. The highest BCUT2D eigenvalue weighted by atomic mass is 19.1. The number of anilines is 1. The summed E-state index contributed by atoms with van der Waals surface area (Å²) < 4.78 is 15.5. The molecule has 6 nitrogen and oxygen atoms in total. The number of hydrogen-bond acceptors (Lipinski definition) is 3. The monoisotopic (exact) mass is 514 g/mol. The maximum Gasteiger partial charge on any atom is 0.322 e. The van der Waals surface area contributed by atoms with Crippen LogP contribution in [0.5, 0.6) is 0 Å². The number of hydrogen-bond donors (Lipinski definition) is 1. The molecule has 1 unspecified atom stereocenters. The average Bonchev–Trinajstić information content (AvgIpc) is 2.90. The fourth-order valence-corrected chi connectivity index (χ4v) is 4.72. The SMILES string of the molecule is CCCCCN(C(=O)Nc1cccc(F)c1)C(CC)c1nc2ccccc2c(=O)n1-c1ccc(C)c(C)c1. The molecule has 3 aromatic carbocycles. The summed E-state index contributed by atoms with van der Waals surface area (Å²) in [6, 6.07) is 18.2. The van der Waals surface area contributed by atoms with Crippen molar-refractivity contribution < 1.29 is 9.18 Å². The van der Waals surface area contributed by atoms with Gasteiger partial charge < -0.3 is 10.2 Å². The Kier molecular flexibility index (Phi) is 8.56. The summed E-state index contributed by atoms with van der Waals surface area (Å²) in [7, 11) is 0. The summed E-state index contributed by atoms with van der Waals surface area (Å²) in [4.78, 5) is 34.3. The molecule has 0 fully saturated rings. The van der Waals surface area contributed by atoms with Crippen LogP contribution in [0.2, 0.25) is 0 Å². The van der Waals surface area contributed by atoms with Gasteiger partial charge in [0.1, 0.15) is 11.6 Å². The molecule has 1 atom stereocenters. The van der Waals surface area contributed by atoms with Gasteiger partial charge in [-0.3, -0.25) is 9.36 Å². The van der Waals surface area contributed by atoms with E-state index in [0.29, 0.717) is 41.1 Å². The number of aryl methyl sites for hydroxylation is 2. The lowest BCUT2D eigenvalue weighted by Crippen LogP contribution is -2.41. The first-order valence-electron chi connectivity index (χ1n) is 13.3. The number of aromatic nitrogens is 2. The summed E-state index contributed by atoms with van der Waals surface area (Å²) >= 11 is 0. The van der Waals surface area contributed by atoms with Crippen LogP contribution < -0.4 is 10.9 Å². The number of nitrogens with one attached hydrogen (secondary N) is 1. The van der Waals surface area contributed by atoms with Crippen molar-refractivity contribution in [1.82, 2.24) is 14.5 Å². The lowest BCUT2D eigenvalue weighted by atomic mass is 10.1. The molecule has 0 saturated carbocycles. The molecule has 0 bridgehead atoms. The second-order valence-electron chi connectivity index (χ2n) is 9.66. The van der Waals surface area contributed by atoms with Crippen LogP contribution in [0.1, 0.15) is 62.5 Å². The Bertz CT molecular complexity index is 1500. The second kappa shape index (κ2) is 12.0. The van der Waals surface area contributed by atoms with Crippen molar-refractivity contribution in [2.45, 2.75) is 59.4 Å². The Morgan fingerprint density at radius 2 is 1.79 bits per heavy atom. The molecule has 2 amide bonds. The topological polar surface area (TPSA) is 67.2 Å². The molecule has 0 aliphatic rings. The van der Waals surface area contributed by atoms with Crippen molar-refractivity contribution >= 4 is 22.6 Å². The smallest absolute Gasteiger partial charge is 0.314 e. The lowest BCUT2D eigenvalue weighted by Gasteiger charge is -2.32. The Labute approximate surface area is 223 Å². The molecule has 0 saturated heterocycles. The number of nitrogens with zero attached hydrogens (tertiary/aromatic N) is 3. The van der Waals surface area contributed by atoms with E-state index in [0.717, 1.165) is 30.4 Å². The number of carbonyl (C=O) groups excluding carboxylic acids is 1. The standard InChI is InChI=1S/C31H35FN4O2/c1-5-7-10-18-35(31(38)33-24-13-11-12-23(32)20-24)28(6-2)29-34-27-15-9-8-14-26(27)30(37)36(29)25-17-16-21(3)22(4)19-25/h8-9,11-17,19-20,28H,5-7,10,18H2,1-4H3,(H,33,38). The molecule has 1 aromatic heterocycles. The van der Waals surface area contributed by atoms with Gasteiger partial charge in [-0.25, -0.2) is 14.2 Å². The second-order valence-corrected chi connectivity index (χ2v) is 9.66. The van der Waals surface area contributed by atoms with E-state index in [9.17, 15) is 14.0 Å². The van der Waals surface area contributed by atoms with E-state index < -0.39 is 11.9 Å². The van der Waals surface area contributed by atoms with Crippen LogP contribution >= 0.6 is 0 Å². The molecule has 1 heterocycles. The van der Waals surface area contributed by atoms with Crippen molar-refractivity contribution in [2.24, 2.45) is 0 Å². The fourth-order valence-electron chi connectivity index (χ4n) is 4.72. The zero-order chi connectivity index (χ0) is 27.2. The third kappa shape index (κ3) is 5.77. The molecular weight excluding hydrogens is 479 g/mol. The number of fused-ring (bicyclic) bond motifs is 1. The van der Waals surface area contributed by atoms with Crippen LogP contribution in [0.4, 0.5) is 14.9 Å². The van der Waals surface area contributed by atoms with Crippen molar-refractivity contribution in [1.29, 1.82) is 0 Å². The molecule has 1 N–H and O–H groups in total. The zero-order valence-electron chi connectivity index (χ0n) is 22.5. The minimum Gasteiger partial charge on any atom is -0.314 e. The molecule has 198 valence electrons. The van der Waals surface area contributed by atoms with Crippen LogP contribution in [0.15, 0.2) is 71.5 Å². The van der Waals surface area contributed by atoms with Gasteiger partial charge in [-0.1, -0.05) is 51.0 Å². The molecule has 0 radical (unpaired) electrons. The van der Waals surface area contributed by atoms with Gasteiger partial charge in [0.25, 0.3) is 5.56 Å². The van der Waals surface area contributed by atoms with Crippen LogP contribution in [0.3, 0.4) is 0 Å². The van der Waals surface area contributed by atoms with E-state index in [1.807, 2.05) is 57.2 Å². The minimum atomic E-state index is -0.487. The van der Waals surface area contributed by atoms with Gasteiger partial charge >= 0.3 is 6.03 Å². The van der Waals surface area contributed by atoms with Crippen LogP contribution in [-0.4, -0.2) is 27.0 Å². The molecule has 7 heteroatoms. The van der Waals surface area contributed by atoms with E-state index in [4.69, 9.17) is 4.98 Å². The highest BCUT2D eigenvalue weighted by Gasteiger charge is 2.29. The van der Waals surface area contributed by atoms with Crippen molar-refractivity contribution in [3.8, 4) is 5.69 Å². The van der Waals surface area contributed by atoms with Crippen molar-refractivity contribution in [3.63, 3.8) is 0 Å². The Morgan fingerprint density at radius 3 is 2.50 bits per heavy atom. The molecular formula is C31H35FN4O2. The summed E-state index contributed by atoms with van der Waals surface area (Å²) in [6.45, 7) is 8.61. The molecule has 38 heavy (non-hydrogen) atoms. The third-order valence-electron chi connectivity index (χ3n) is 6.95. The maximum absolute atomic E-state index is 13.9. The lowest BCUT2D eigenvalue weighted by molar-refractivity contribution is 0.179. The summed E-state index contributed by atoms with van der Waals surface area (Å²) in [5.74, 6) is 0.0810. The van der Waals surface area contributed by atoms with Crippen LogP contribution in [-0.2, 0) is 0 Å². The summed E-state index contributed by atoms with van der Waals surface area (Å²) in [5.41, 5.74) is 3.69. The number of benzene rings is 3. The molecule has 0 aliphatic carbocycles. The first kappa shape index (κ1) is 27.0. The summed E-state index contributed by atoms with van der Waals surface area (Å²) in [5, 5.41) is 3.37. The molecule has 0 spiro atoms. The van der Waals surface area contributed by atoms with Gasteiger partial charge in [-0.2, -0.15) is 0 Å². The summed E-state index contributed by atoms with van der Waals surface area (Å²) in [6.07, 6.45) is 3.29. The quantitative estimate of drug-likeness (QED) is 0.238. The number of amides is 2. The molecule has 4 aromatic rings. The van der Waals surface area contributed by atoms with Gasteiger partial charge in [0.15, 0.2) is 0 Å². The zero-order valence-corrected chi connectivity index (χ0v) is 22.5. The molecule has 4 rings (SSSR count). The van der Waals surface area contributed by atoms with E-state index in [1.54, 1.807) is 27.7 Å². The van der Waals surface area contributed by atoms with Gasteiger partial charge in [0.05, 0.1) is 22.6 Å². The number of carbonyl (C=O) groups is 1. The van der Waals surface area contributed by atoms with E-state index >= 15 is 0 Å². The Morgan fingerprint density at radius 1 is 1.00 bits per heavy atom. The Hall–Kier alpha value is -4.00. The number of para-hydroxylation sites is 1. The normalized spacial score (nSPS) is 11.9. The first-order chi connectivity index (χ1) is 18.3. The fraction of sp³-hybridized carbons (Fsp3) is 0.323. The maximum atomic E-state index is 13.9. The number of unbranched alkanes of at least 4 members (excludes halogenated alkanes) is 2. The van der Waals surface area contributed by atoms with Crippen molar-refractivity contribution in [2.75, 3.05) is 11.9 Å². The van der Waals surface area contributed by atoms with Crippen molar-refractivity contribution in [3.05, 3.63) is 99.9 Å². The van der Waals surface area contributed by atoms with Crippen LogP contribution in [0.25, 0.3) is 16.6 Å². The highest BCUT2D eigenvalue weighted by Crippen LogP contribution is 2.28. The number of halogens is 1. The van der Waals surface area contributed by atoms with Crippen LogP contribution in [0, 0.1) is 19.7 Å². The van der Waals surface area contributed by atoms with Gasteiger partial charge in [-0.15, -0.1) is 0 Å². The van der Waals surface area contributed by atoms with E-state index in [1.165, 1.54) is 12.1 Å². The van der Waals surface area contributed by atoms with E-state index in [2.05, 4.69) is 12.2 Å². The van der Waals surface area contributed by atoms with E-state index in [-0.39, 0.29) is 11.6 Å². The molecule has 0 aliphatic heterocycles. The van der Waals surface area contributed by atoms with Gasteiger partial charge in [0, 0.05) is 12.2 Å².